The number of rotatable bonds is 6. The highest BCUT2D eigenvalue weighted by Gasteiger charge is 2.25. The summed E-state index contributed by atoms with van der Waals surface area (Å²) in [5.41, 5.74) is 0.574. The van der Waals surface area contributed by atoms with Gasteiger partial charge in [0.2, 0.25) is 10.0 Å². The van der Waals surface area contributed by atoms with E-state index in [9.17, 15) is 8.42 Å². The van der Waals surface area contributed by atoms with E-state index in [-0.39, 0.29) is 16.5 Å². The topological polar surface area (TPSA) is 57.6 Å². The number of hydrogen-bond donors (Lipinski definition) is 1. The fourth-order valence-corrected chi connectivity index (χ4v) is 3.86. The number of aliphatic hydroxyl groups is 1. The van der Waals surface area contributed by atoms with Crippen molar-refractivity contribution in [2.24, 2.45) is 0 Å². The van der Waals surface area contributed by atoms with Gasteiger partial charge in [0.15, 0.2) is 0 Å². The standard InChI is InChI=1S/C15H20ClNO3S/c1-3-5-10-17(4-2)21(19,20)15-9-8-13(7-6-11-18)12-14(15)16/h8-9,12,18H,3-5,10-11H2,1-2H3. The summed E-state index contributed by atoms with van der Waals surface area (Å²) in [5.74, 6) is 5.20. The molecule has 1 N–H and O–H groups in total. The first-order valence-electron chi connectivity index (χ1n) is 6.86. The van der Waals surface area contributed by atoms with Gasteiger partial charge in [0.25, 0.3) is 0 Å². The summed E-state index contributed by atoms with van der Waals surface area (Å²) in [7, 11) is -3.59. The van der Waals surface area contributed by atoms with E-state index in [1.54, 1.807) is 6.07 Å². The zero-order valence-electron chi connectivity index (χ0n) is 12.3. The summed E-state index contributed by atoms with van der Waals surface area (Å²) < 4.78 is 26.6. The van der Waals surface area contributed by atoms with Crippen LogP contribution in [0.15, 0.2) is 23.1 Å². The Hall–Kier alpha value is -1.06. The van der Waals surface area contributed by atoms with Crippen LogP contribution in [0, 0.1) is 11.8 Å². The van der Waals surface area contributed by atoms with Crippen LogP contribution in [0.25, 0.3) is 0 Å². The Morgan fingerprint density at radius 2 is 2.05 bits per heavy atom. The molecule has 0 heterocycles. The highest BCUT2D eigenvalue weighted by atomic mass is 35.5. The summed E-state index contributed by atoms with van der Waals surface area (Å²) in [6, 6.07) is 4.56. The van der Waals surface area contributed by atoms with Gasteiger partial charge < -0.3 is 5.11 Å². The van der Waals surface area contributed by atoms with Gasteiger partial charge in [0, 0.05) is 18.7 Å². The maximum absolute atomic E-state index is 12.6. The normalized spacial score (nSPS) is 11.3. The SMILES string of the molecule is CCCCN(CC)S(=O)(=O)c1ccc(C#CCO)cc1Cl. The molecule has 0 aliphatic rings. The van der Waals surface area contributed by atoms with Crippen molar-refractivity contribution in [3.05, 3.63) is 28.8 Å². The summed E-state index contributed by atoms with van der Waals surface area (Å²) in [6.07, 6.45) is 1.74. The van der Waals surface area contributed by atoms with Crippen molar-refractivity contribution < 1.29 is 13.5 Å². The maximum Gasteiger partial charge on any atom is 0.244 e. The smallest absolute Gasteiger partial charge is 0.244 e. The van der Waals surface area contributed by atoms with Gasteiger partial charge in [-0.2, -0.15) is 4.31 Å². The Kier molecular flexibility index (Phi) is 7.20. The second-order valence-corrected chi connectivity index (χ2v) is 6.77. The molecule has 0 bridgehead atoms. The third kappa shape index (κ3) is 4.72. The van der Waals surface area contributed by atoms with E-state index in [0.29, 0.717) is 18.7 Å². The quantitative estimate of drug-likeness (QED) is 0.816. The summed E-state index contributed by atoms with van der Waals surface area (Å²) in [4.78, 5) is 0.0941. The third-order valence-electron chi connectivity index (χ3n) is 2.98. The van der Waals surface area contributed by atoms with E-state index in [1.165, 1.54) is 16.4 Å². The fraction of sp³-hybridized carbons (Fsp3) is 0.467. The molecule has 0 atom stereocenters. The molecular weight excluding hydrogens is 310 g/mol. The van der Waals surface area contributed by atoms with Crippen LogP contribution in [0.2, 0.25) is 5.02 Å². The lowest BCUT2D eigenvalue weighted by Gasteiger charge is -2.20. The lowest BCUT2D eigenvalue weighted by molar-refractivity contribution is 0.350. The fourth-order valence-electron chi connectivity index (χ4n) is 1.85. The second-order valence-electron chi connectivity index (χ2n) is 4.46. The number of nitrogens with zero attached hydrogens (tertiary/aromatic N) is 1. The number of aliphatic hydroxyl groups excluding tert-OH is 1. The zero-order valence-corrected chi connectivity index (χ0v) is 13.8. The van der Waals surface area contributed by atoms with Gasteiger partial charge in [-0.05, 0) is 24.6 Å². The molecule has 0 amide bonds. The molecule has 0 radical (unpaired) electrons. The molecule has 0 aromatic heterocycles. The van der Waals surface area contributed by atoms with Gasteiger partial charge in [-0.3, -0.25) is 0 Å². The number of hydrogen-bond acceptors (Lipinski definition) is 3. The Balaban J connectivity index is 3.13. The lowest BCUT2D eigenvalue weighted by Crippen LogP contribution is -2.32. The maximum atomic E-state index is 12.6. The molecule has 1 aromatic rings. The number of halogens is 1. The Morgan fingerprint density at radius 3 is 2.57 bits per heavy atom. The Morgan fingerprint density at radius 1 is 1.33 bits per heavy atom. The predicted molar refractivity (Wildman–Crippen MR) is 84.8 cm³/mol. The monoisotopic (exact) mass is 329 g/mol. The van der Waals surface area contributed by atoms with Crippen molar-refractivity contribution >= 4 is 21.6 Å². The first-order chi connectivity index (χ1) is 9.97. The molecule has 0 spiro atoms. The minimum Gasteiger partial charge on any atom is -0.384 e. The minimum atomic E-state index is -3.59. The Bertz CT molecular complexity index is 632. The highest BCUT2D eigenvalue weighted by Crippen LogP contribution is 2.25. The average Bonchev–Trinajstić information content (AvgIpc) is 2.45. The van der Waals surface area contributed by atoms with Crippen LogP contribution in [-0.2, 0) is 10.0 Å². The average molecular weight is 330 g/mol. The van der Waals surface area contributed by atoms with Crippen molar-refractivity contribution in [3.63, 3.8) is 0 Å². The molecule has 0 aliphatic heterocycles. The van der Waals surface area contributed by atoms with Crippen molar-refractivity contribution in [3.8, 4) is 11.8 Å². The van der Waals surface area contributed by atoms with E-state index in [2.05, 4.69) is 11.8 Å². The molecule has 116 valence electrons. The van der Waals surface area contributed by atoms with E-state index in [4.69, 9.17) is 16.7 Å². The van der Waals surface area contributed by atoms with Crippen LogP contribution < -0.4 is 0 Å². The van der Waals surface area contributed by atoms with Crippen molar-refractivity contribution in [1.29, 1.82) is 0 Å². The van der Waals surface area contributed by atoms with E-state index in [0.717, 1.165) is 12.8 Å². The van der Waals surface area contributed by atoms with E-state index in [1.807, 2.05) is 13.8 Å². The van der Waals surface area contributed by atoms with Gasteiger partial charge in [-0.15, -0.1) is 0 Å². The molecule has 0 unspecified atom stereocenters. The van der Waals surface area contributed by atoms with Gasteiger partial charge in [0.1, 0.15) is 11.5 Å². The molecule has 4 nitrogen and oxygen atoms in total. The van der Waals surface area contributed by atoms with Crippen LogP contribution >= 0.6 is 11.6 Å². The van der Waals surface area contributed by atoms with E-state index >= 15 is 0 Å². The summed E-state index contributed by atoms with van der Waals surface area (Å²) >= 11 is 6.09. The highest BCUT2D eigenvalue weighted by molar-refractivity contribution is 7.89. The van der Waals surface area contributed by atoms with Crippen molar-refractivity contribution in [2.45, 2.75) is 31.6 Å². The van der Waals surface area contributed by atoms with Crippen LogP contribution in [0.3, 0.4) is 0 Å². The van der Waals surface area contributed by atoms with Crippen LogP contribution in [0.1, 0.15) is 32.3 Å². The molecule has 6 heteroatoms. The first kappa shape index (κ1) is 18.0. The number of sulfonamides is 1. The van der Waals surface area contributed by atoms with E-state index < -0.39 is 10.0 Å². The summed E-state index contributed by atoms with van der Waals surface area (Å²) in [5, 5.41) is 8.81. The van der Waals surface area contributed by atoms with Crippen molar-refractivity contribution in [2.75, 3.05) is 19.7 Å². The van der Waals surface area contributed by atoms with Gasteiger partial charge in [-0.25, -0.2) is 8.42 Å². The number of benzene rings is 1. The molecule has 21 heavy (non-hydrogen) atoms. The summed E-state index contributed by atoms with van der Waals surface area (Å²) in [6.45, 7) is 4.46. The van der Waals surface area contributed by atoms with Gasteiger partial charge in [-0.1, -0.05) is 43.7 Å². The minimum absolute atomic E-state index is 0.0941. The first-order valence-corrected chi connectivity index (χ1v) is 8.68. The molecule has 1 aromatic carbocycles. The molecule has 0 aliphatic carbocycles. The Labute approximate surface area is 131 Å². The molecule has 0 fully saturated rings. The molecule has 0 saturated heterocycles. The van der Waals surface area contributed by atoms with Crippen LogP contribution in [-0.4, -0.2) is 37.5 Å². The molecular formula is C15H20ClNO3S. The lowest BCUT2D eigenvalue weighted by atomic mass is 10.2. The van der Waals surface area contributed by atoms with Gasteiger partial charge in [0.05, 0.1) is 5.02 Å². The second kappa shape index (κ2) is 8.40. The number of unbranched alkanes of at least 4 members (excludes halogenated alkanes) is 1. The van der Waals surface area contributed by atoms with Crippen LogP contribution in [0.4, 0.5) is 0 Å². The van der Waals surface area contributed by atoms with Gasteiger partial charge >= 0.3 is 0 Å². The predicted octanol–water partition coefficient (Wildman–Crippen LogP) is 2.49. The largest absolute Gasteiger partial charge is 0.384 e. The zero-order chi connectivity index (χ0) is 15.9. The molecule has 0 saturated carbocycles. The molecule has 1 rings (SSSR count). The third-order valence-corrected chi connectivity index (χ3v) is 5.43. The van der Waals surface area contributed by atoms with Crippen LogP contribution in [0.5, 0.6) is 0 Å². The van der Waals surface area contributed by atoms with Crippen molar-refractivity contribution in [1.82, 2.24) is 4.31 Å².